The van der Waals surface area contributed by atoms with Crippen LogP contribution in [-0.4, -0.2) is 25.6 Å². The van der Waals surface area contributed by atoms with E-state index in [2.05, 4.69) is 10.3 Å². The van der Waals surface area contributed by atoms with Gasteiger partial charge in [0.25, 0.3) is 11.2 Å². The van der Waals surface area contributed by atoms with Gasteiger partial charge in [0, 0.05) is 23.7 Å². The van der Waals surface area contributed by atoms with E-state index in [1.54, 1.807) is 25.1 Å². The molecule has 0 radical (unpaired) electrons. The molecular weight excluding hydrogens is 463 g/mol. The molecule has 2 aromatic carbocycles. The first kappa shape index (κ1) is 23.1. The average Bonchev–Trinajstić information content (AvgIpc) is 2.72. The first-order valence-corrected chi connectivity index (χ1v) is 11.0. The summed E-state index contributed by atoms with van der Waals surface area (Å²) >= 11 is 13.2. The molecule has 1 aromatic heterocycles. The van der Waals surface area contributed by atoms with E-state index in [9.17, 15) is 19.7 Å². The van der Waals surface area contributed by atoms with Gasteiger partial charge in [0.1, 0.15) is 0 Å². The van der Waals surface area contributed by atoms with Gasteiger partial charge in [-0.2, -0.15) is 0 Å². The summed E-state index contributed by atoms with van der Waals surface area (Å²) < 4.78 is 1.53. The molecule has 1 heterocycles. The molecule has 162 valence electrons. The van der Waals surface area contributed by atoms with E-state index >= 15 is 0 Å². The molecule has 3 aromatic rings. The smallest absolute Gasteiger partial charge is 0.271 e. The fourth-order valence-electron chi connectivity index (χ4n) is 2.85. The molecule has 0 spiro atoms. The van der Waals surface area contributed by atoms with Gasteiger partial charge in [-0.1, -0.05) is 41.9 Å². The fourth-order valence-corrected chi connectivity index (χ4v) is 4.12. The van der Waals surface area contributed by atoms with Crippen molar-refractivity contribution in [3.63, 3.8) is 0 Å². The minimum absolute atomic E-state index is 0.137. The number of carbonyl (C=O) groups is 1. The predicted octanol–water partition coefficient (Wildman–Crippen LogP) is 5.14. The zero-order valence-electron chi connectivity index (χ0n) is 16.6. The van der Waals surface area contributed by atoms with Crippen molar-refractivity contribution in [1.82, 2.24) is 9.55 Å². The molecule has 1 unspecified atom stereocenters. The van der Waals surface area contributed by atoms with Crippen molar-refractivity contribution in [3.05, 3.63) is 66.9 Å². The van der Waals surface area contributed by atoms with Crippen molar-refractivity contribution in [1.29, 1.82) is 0 Å². The van der Waals surface area contributed by atoms with E-state index < -0.39 is 16.1 Å². The summed E-state index contributed by atoms with van der Waals surface area (Å²) in [5, 5.41) is 14.4. The molecule has 0 fully saturated rings. The van der Waals surface area contributed by atoms with Crippen LogP contribution in [0.4, 0.5) is 11.4 Å². The molecule has 0 aliphatic carbocycles. The van der Waals surface area contributed by atoms with Crippen LogP contribution in [0, 0.1) is 10.1 Å². The second-order valence-electron chi connectivity index (χ2n) is 6.68. The lowest BCUT2D eigenvalue weighted by molar-refractivity contribution is -0.384. The van der Waals surface area contributed by atoms with Crippen LogP contribution in [0.25, 0.3) is 10.9 Å². The lowest BCUT2D eigenvalue weighted by Crippen LogP contribution is -2.27. The number of nitro groups is 1. The van der Waals surface area contributed by atoms with Gasteiger partial charge in [-0.25, -0.2) is 4.98 Å². The molecule has 31 heavy (non-hydrogen) atoms. The van der Waals surface area contributed by atoms with Gasteiger partial charge < -0.3 is 5.32 Å². The maximum Gasteiger partial charge on any atom is 0.271 e. The third kappa shape index (κ3) is 5.17. The van der Waals surface area contributed by atoms with E-state index in [0.717, 1.165) is 11.8 Å². The normalized spacial score (nSPS) is 12.0. The second kappa shape index (κ2) is 9.67. The Labute approximate surface area is 191 Å². The van der Waals surface area contributed by atoms with E-state index in [-0.39, 0.29) is 22.0 Å². The molecule has 0 saturated carbocycles. The molecule has 1 amide bonds. The molecule has 1 atom stereocenters. The number of hydrogen-bond acceptors (Lipinski definition) is 6. The third-order valence-electron chi connectivity index (χ3n) is 4.40. The van der Waals surface area contributed by atoms with Crippen LogP contribution in [0.2, 0.25) is 10.0 Å². The molecule has 0 saturated heterocycles. The minimum atomic E-state index is -0.665. The number of hydrogen-bond donors (Lipinski definition) is 1. The van der Waals surface area contributed by atoms with Gasteiger partial charge in [0.15, 0.2) is 5.16 Å². The Kier molecular flexibility index (Phi) is 7.19. The van der Waals surface area contributed by atoms with E-state index in [4.69, 9.17) is 23.2 Å². The van der Waals surface area contributed by atoms with Gasteiger partial charge in [0.05, 0.1) is 31.8 Å². The first-order chi connectivity index (χ1) is 14.7. The van der Waals surface area contributed by atoms with Crippen molar-refractivity contribution < 1.29 is 9.72 Å². The number of nitro benzene ring substituents is 1. The predicted molar refractivity (Wildman–Crippen MR) is 123 cm³/mol. The standard InChI is InChI=1S/C20H18Cl2N4O4S/c1-3-8-25-19(28)14-6-4-12(21)9-16(14)24-20(25)31-11(2)18(27)23-17-10-13(26(29)30)5-7-15(17)22/h4-7,9-11H,3,8H2,1-2H3,(H,23,27). The maximum atomic E-state index is 12.9. The highest BCUT2D eigenvalue weighted by Gasteiger charge is 2.21. The van der Waals surface area contributed by atoms with Crippen molar-refractivity contribution in [3.8, 4) is 0 Å². The van der Waals surface area contributed by atoms with Gasteiger partial charge in [-0.15, -0.1) is 0 Å². The van der Waals surface area contributed by atoms with Crippen molar-refractivity contribution in [2.45, 2.75) is 37.2 Å². The van der Waals surface area contributed by atoms with Gasteiger partial charge in [0.2, 0.25) is 5.91 Å². The number of nitrogens with zero attached hydrogens (tertiary/aromatic N) is 3. The van der Waals surface area contributed by atoms with Gasteiger partial charge in [-0.3, -0.25) is 24.3 Å². The molecular formula is C20H18Cl2N4O4S. The SMILES string of the molecule is CCCn1c(SC(C)C(=O)Nc2cc([N+](=O)[O-])ccc2Cl)nc2cc(Cl)ccc2c1=O. The monoisotopic (exact) mass is 480 g/mol. The third-order valence-corrected chi connectivity index (χ3v) is 6.05. The Balaban J connectivity index is 1.90. The number of anilines is 1. The largest absolute Gasteiger partial charge is 0.324 e. The minimum Gasteiger partial charge on any atom is -0.324 e. The van der Waals surface area contributed by atoms with Crippen molar-refractivity contribution in [2.24, 2.45) is 0 Å². The van der Waals surface area contributed by atoms with E-state index in [1.807, 2.05) is 6.92 Å². The van der Waals surface area contributed by atoms with Crippen LogP contribution in [-0.2, 0) is 11.3 Å². The summed E-state index contributed by atoms with van der Waals surface area (Å²) in [7, 11) is 0. The number of thioether (sulfide) groups is 1. The number of rotatable bonds is 7. The molecule has 1 N–H and O–H groups in total. The van der Waals surface area contributed by atoms with E-state index in [1.165, 1.54) is 22.8 Å². The highest BCUT2D eigenvalue weighted by molar-refractivity contribution is 8.00. The Morgan fingerprint density at radius 2 is 2.03 bits per heavy atom. The molecule has 11 heteroatoms. The summed E-state index contributed by atoms with van der Waals surface area (Å²) in [4.78, 5) is 40.6. The van der Waals surface area contributed by atoms with Gasteiger partial charge >= 0.3 is 0 Å². The zero-order chi connectivity index (χ0) is 22.7. The number of benzene rings is 2. The van der Waals surface area contributed by atoms with Crippen LogP contribution in [0.5, 0.6) is 0 Å². The van der Waals surface area contributed by atoms with Crippen LogP contribution in [0.15, 0.2) is 46.3 Å². The topological polar surface area (TPSA) is 107 Å². The number of non-ortho nitro benzene ring substituents is 1. The molecule has 8 nitrogen and oxygen atoms in total. The quantitative estimate of drug-likeness (QED) is 0.217. The van der Waals surface area contributed by atoms with Crippen LogP contribution in [0.1, 0.15) is 20.3 Å². The lowest BCUT2D eigenvalue weighted by Gasteiger charge is -2.16. The Bertz CT molecular complexity index is 1230. The second-order valence-corrected chi connectivity index (χ2v) is 8.83. The Hall–Kier alpha value is -2.62. The summed E-state index contributed by atoms with van der Waals surface area (Å²) in [6.07, 6.45) is 0.706. The first-order valence-electron chi connectivity index (χ1n) is 9.32. The van der Waals surface area contributed by atoms with Gasteiger partial charge in [-0.05, 0) is 37.6 Å². The van der Waals surface area contributed by atoms with Crippen molar-refractivity contribution in [2.75, 3.05) is 5.32 Å². The summed E-state index contributed by atoms with van der Waals surface area (Å²) in [5.41, 5.74) is 0.185. The van der Waals surface area contributed by atoms with Crippen LogP contribution >= 0.6 is 35.0 Å². The molecule has 0 bridgehead atoms. The summed E-state index contributed by atoms with van der Waals surface area (Å²) in [5.74, 6) is -0.434. The number of aromatic nitrogens is 2. The van der Waals surface area contributed by atoms with Crippen LogP contribution in [0.3, 0.4) is 0 Å². The maximum absolute atomic E-state index is 12.9. The molecule has 3 rings (SSSR count). The fraction of sp³-hybridized carbons (Fsp3) is 0.250. The summed E-state index contributed by atoms with van der Waals surface area (Å²) in [6, 6.07) is 8.67. The number of fused-ring (bicyclic) bond motifs is 1. The molecule has 0 aliphatic rings. The summed E-state index contributed by atoms with van der Waals surface area (Å²) in [6.45, 7) is 4.03. The highest BCUT2D eigenvalue weighted by atomic mass is 35.5. The molecule has 0 aliphatic heterocycles. The Morgan fingerprint density at radius 3 is 2.71 bits per heavy atom. The van der Waals surface area contributed by atoms with E-state index in [0.29, 0.717) is 34.0 Å². The van der Waals surface area contributed by atoms with Crippen molar-refractivity contribution >= 4 is 63.1 Å². The zero-order valence-corrected chi connectivity index (χ0v) is 18.9. The lowest BCUT2D eigenvalue weighted by atomic mass is 10.2. The number of nitrogens with one attached hydrogen (secondary N) is 1. The number of carbonyl (C=O) groups excluding carboxylic acids is 1. The van der Waals surface area contributed by atoms with Crippen LogP contribution < -0.4 is 10.9 Å². The number of amides is 1. The average molecular weight is 481 g/mol. The Morgan fingerprint density at radius 1 is 1.29 bits per heavy atom. The highest BCUT2D eigenvalue weighted by Crippen LogP contribution is 2.29. The number of halogens is 2.